The second-order valence-corrected chi connectivity index (χ2v) is 3.76. The van der Waals surface area contributed by atoms with Crippen LogP contribution in [0.2, 0.25) is 0 Å². The van der Waals surface area contributed by atoms with E-state index in [-0.39, 0.29) is 5.95 Å². The normalized spacial score (nSPS) is 9.04. The average Bonchev–Trinajstić information content (AvgIpc) is 3.00. The summed E-state index contributed by atoms with van der Waals surface area (Å²) in [5, 5.41) is 7.32. The highest BCUT2D eigenvalue weighted by molar-refractivity contribution is 5.54. The monoisotopic (exact) mass is 313 g/mol. The first-order valence-electron chi connectivity index (χ1n) is 7.64. The van der Waals surface area contributed by atoms with E-state index >= 15 is 0 Å². The van der Waals surface area contributed by atoms with Gasteiger partial charge in [0.15, 0.2) is 5.82 Å². The molecule has 0 saturated heterocycles. The lowest BCUT2D eigenvalue weighted by molar-refractivity contribution is 0.851. The fourth-order valence-electron chi connectivity index (χ4n) is 1.61. The Hall–Kier alpha value is -2.96. The van der Waals surface area contributed by atoms with Gasteiger partial charge in [-0.05, 0) is 12.1 Å². The molecule has 0 unspecified atom stereocenters. The Labute approximate surface area is 136 Å². The van der Waals surface area contributed by atoms with Crippen LogP contribution in [0.4, 0.5) is 17.6 Å². The molecule has 7 nitrogen and oxygen atoms in total. The summed E-state index contributed by atoms with van der Waals surface area (Å²) >= 11 is 0. The van der Waals surface area contributed by atoms with Gasteiger partial charge in [0.05, 0.1) is 0 Å². The number of nitrogen functional groups attached to an aromatic ring is 1. The van der Waals surface area contributed by atoms with Crippen molar-refractivity contribution in [2.24, 2.45) is 0 Å². The minimum absolute atomic E-state index is 0.261. The van der Waals surface area contributed by atoms with Crippen LogP contribution in [0.1, 0.15) is 27.7 Å². The zero-order valence-electron chi connectivity index (χ0n) is 13.9. The highest BCUT2D eigenvalue weighted by Crippen LogP contribution is 2.15. The zero-order valence-corrected chi connectivity index (χ0v) is 13.9. The minimum Gasteiger partial charge on any atom is -0.368 e. The molecule has 1 aromatic carbocycles. The number of hydrogen-bond donors (Lipinski definition) is 2. The van der Waals surface area contributed by atoms with E-state index in [1.807, 2.05) is 58.0 Å². The van der Waals surface area contributed by atoms with Crippen LogP contribution in [0.5, 0.6) is 0 Å². The van der Waals surface area contributed by atoms with Gasteiger partial charge in [-0.15, -0.1) is 5.10 Å². The molecule has 3 aromatic rings. The molecule has 2 aromatic heterocycles. The Morgan fingerprint density at radius 1 is 1.00 bits per heavy atom. The highest BCUT2D eigenvalue weighted by Gasteiger charge is 2.09. The zero-order chi connectivity index (χ0) is 17.1. The number of aromatic nitrogens is 5. The summed E-state index contributed by atoms with van der Waals surface area (Å²) < 4.78 is 1.45. The predicted molar refractivity (Wildman–Crippen MR) is 93.8 cm³/mol. The molecule has 0 atom stereocenters. The van der Waals surface area contributed by atoms with Crippen molar-refractivity contribution in [2.45, 2.75) is 27.7 Å². The number of benzene rings is 1. The lowest BCUT2D eigenvalue weighted by atomic mass is 10.3. The highest BCUT2D eigenvalue weighted by atomic mass is 15.4. The van der Waals surface area contributed by atoms with Gasteiger partial charge in [0.2, 0.25) is 11.9 Å². The summed E-state index contributed by atoms with van der Waals surface area (Å²) in [5.41, 5.74) is 6.71. The largest absolute Gasteiger partial charge is 0.368 e. The molecule has 0 saturated carbocycles. The molecule has 0 aliphatic rings. The predicted octanol–water partition coefficient (Wildman–Crippen LogP) is 3.44. The van der Waals surface area contributed by atoms with Crippen molar-refractivity contribution in [1.29, 1.82) is 0 Å². The molecule has 7 heteroatoms. The third kappa shape index (κ3) is 5.06. The van der Waals surface area contributed by atoms with E-state index in [2.05, 4.69) is 25.4 Å². The van der Waals surface area contributed by atoms with Crippen LogP contribution in [0.25, 0.3) is 5.82 Å². The van der Waals surface area contributed by atoms with Crippen LogP contribution < -0.4 is 11.1 Å². The van der Waals surface area contributed by atoms with Gasteiger partial charge in [0.1, 0.15) is 6.33 Å². The van der Waals surface area contributed by atoms with Gasteiger partial charge in [-0.1, -0.05) is 45.9 Å². The number of hydrogen-bond acceptors (Lipinski definition) is 6. The Morgan fingerprint density at radius 3 is 2.30 bits per heavy atom. The summed E-state index contributed by atoms with van der Waals surface area (Å²) in [7, 11) is 0. The number of nitrogens with zero attached hydrogens (tertiary/aromatic N) is 5. The molecule has 23 heavy (non-hydrogen) atoms. The van der Waals surface area contributed by atoms with Crippen molar-refractivity contribution in [3.05, 3.63) is 48.9 Å². The summed E-state index contributed by atoms with van der Waals surface area (Å²) in [6, 6.07) is 11.3. The van der Waals surface area contributed by atoms with E-state index in [4.69, 9.17) is 5.73 Å². The quantitative estimate of drug-likeness (QED) is 0.769. The van der Waals surface area contributed by atoms with E-state index in [0.29, 0.717) is 11.8 Å². The number of nitrogens with one attached hydrogen (secondary N) is 1. The van der Waals surface area contributed by atoms with Gasteiger partial charge in [-0.2, -0.15) is 9.67 Å². The van der Waals surface area contributed by atoms with Crippen molar-refractivity contribution >= 4 is 17.6 Å². The van der Waals surface area contributed by atoms with Crippen LogP contribution >= 0.6 is 0 Å². The second-order valence-electron chi connectivity index (χ2n) is 3.76. The number of anilines is 3. The molecule has 0 amide bonds. The van der Waals surface area contributed by atoms with E-state index < -0.39 is 0 Å². The van der Waals surface area contributed by atoms with E-state index in [1.165, 1.54) is 11.0 Å². The first-order valence-corrected chi connectivity index (χ1v) is 7.64. The average molecular weight is 313 g/mol. The van der Waals surface area contributed by atoms with Gasteiger partial charge < -0.3 is 11.1 Å². The van der Waals surface area contributed by atoms with Gasteiger partial charge in [-0.25, -0.2) is 9.97 Å². The number of nitrogens with two attached hydrogens (primary N) is 1. The van der Waals surface area contributed by atoms with Crippen LogP contribution in [-0.4, -0.2) is 24.7 Å². The van der Waals surface area contributed by atoms with Crippen molar-refractivity contribution in [3.63, 3.8) is 0 Å². The third-order valence-electron chi connectivity index (χ3n) is 2.45. The van der Waals surface area contributed by atoms with Crippen LogP contribution in [0.15, 0.2) is 48.9 Å². The summed E-state index contributed by atoms with van der Waals surface area (Å²) in [4.78, 5) is 12.1. The third-order valence-corrected chi connectivity index (χ3v) is 2.45. The van der Waals surface area contributed by atoms with Crippen molar-refractivity contribution in [3.8, 4) is 5.82 Å². The molecule has 0 radical (unpaired) electrons. The Morgan fingerprint density at radius 2 is 1.70 bits per heavy atom. The molecular formula is C16H23N7. The smallest absolute Gasteiger partial charge is 0.248 e. The Bertz CT molecular complexity index is 665. The molecular weight excluding hydrogens is 290 g/mol. The summed E-state index contributed by atoms with van der Waals surface area (Å²) in [5.74, 6) is 1.25. The van der Waals surface area contributed by atoms with Gasteiger partial charge in [-0.3, -0.25) is 0 Å². The van der Waals surface area contributed by atoms with E-state index in [9.17, 15) is 0 Å². The Kier molecular flexibility index (Phi) is 7.77. The second kappa shape index (κ2) is 9.88. The van der Waals surface area contributed by atoms with Gasteiger partial charge in [0.25, 0.3) is 0 Å². The molecule has 0 fully saturated rings. The molecule has 0 aliphatic carbocycles. The maximum atomic E-state index is 5.82. The lowest BCUT2D eigenvalue weighted by Gasteiger charge is -2.00. The molecule has 0 bridgehead atoms. The molecule has 2 heterocycles. The maximum absolute atomic E-state index is 5.82. The lowest BCUT2D eigenvalue weighted by Crippen LogP contribution is -2.04. The SMILES string of the molecule is CC.CC.Nc1nc(Nc2ccccc2)nn1-c1ccncn1. The number of para-hydroxylation sites is 1. The summed E-state index contributed by atoms with van der Waals surface area (Å²) in [6.45, 7) is 8.00. The molecule has 0 spiro atoms. The fraction of sp³-hybridized carbons (Fsp3) is 0.250. The van der Waals surface area contributed by atoms with Gasteiger partial charge >= 0.3 is 0 Å². The Balaban J connectivity index is 0.000000615. The topological polar surface area (TPSA) is 94.5 Å². The van der Waals surface area contributed by atoms with E-state index in [1.54, 1.807) is 12.3 Å². The first kappa shape index (κ1) is 18.1. The minimum atomic E-state index is 0.261. The number of rotatable bonds is 3. The summed E-state index contributed by atoms with van der Waals surface area (Å²) in [6.07, 6.45) is 3.05. The molecule has 0 aliphatic heterocycles. The van der Waals surface area contributed by atoms with Crippen LogP contribution in [0, 0.1) is 0 Å². The van der Waals surface area contributed by atoms with Crippen LogP contribution in [-0.2, 0) is 0 Å². The first-order chi connectivity index (χ1) is 11.3. The van der Waals surface area contributed by atoms with Crippen molar-refractivity contribution in [1.82, 2.24) is 24.7 Å². The fourth-order valence-corrected chi connectivity index (χ4v) is 1.61. The molecule has 3 N–H and O–H groups in total. The van der Waals surface area contributed by atoms with E-state index in [0.717, 1.165) is 5.69 Å². The molecule has 122 valence electrons. The van der Waals surface area contributed by atoms with Gasteiger partial charge in [0, 0.05) is 18.0 Å². The standard InChI is InChI=1S/C12H11N7.2C2H6/c13-11-17-12(16-9-4-2-1-3-5-9)18-19(11)10-6-7-14-8-15-10;2*1-2/h1-8H,(H3,13,16,17,18);2*1-2H3. The van der Waals surface area contributed by atoms with Crippen molar-refractivity contribution < 1.29 is 0 Å². The van der Waals surface area contributed by atoms with Crippen LogP contribution in [0.3, 0.4) is 0 Å². The van der Waals surface area contributed by atoms with Crippen molar-refractivity contribution in [2.75, 3.05) is 11.1 Å². The molecule has 3 rings (SSSR count). The maximum Gasteiger partial charge on any atom is 0.248 e.